The number of aromatic nitrogens is 3. The SMILES string of the molecule is CC(C)NC(=O)[C@H]1CN2CCC1C[C@@H]2Cn1cc(-c2ccccc2)nn1. The van der Waals surface area contributed by atoms with Crippen molar-refractivity contribution >= 4 is 5.91 Å². The Kier molecular flexibility index (Phi) is 4.76. The molecule has 4 heterocycles. The smallest absolute Gasteiger partial charge is 0.224 e. The minimum Gasteiger partial charge on any atom is -0.354 e. The van der Waals surface area contributed by atoms with Crippen molar-refractivity contribution in [2.75, 3.05) is 13.1 Å². The molecule has 1 amide bonds. The number of fused-ring (bicyclic) bond motifs is 3. The molecule has 2 unspecified atom stereocenters. The lowest BCUT2D eigenvalue weighted by Crippen LogP contribution is -2.58. The van der Waals surface area contributed by atoms with Crippen molar-refractivity contribution in [3.63, 3.8) is 0 Å². The van der Waals surface area contributed by atoms with Gasteiger partial charge in [-0.05, 0) is 39.2 Å². The Hall–Kier alpha value is -2.21. The van der Waals surface area contributed by atoms with Crippen LogP contribution in [0.1, 0.15) is 26.7 Å². The summed E-state index contributed by atoms with van der Waals surface area (Å²) >= 11 is 0. The summed E-state index contributed by atoms with van der Waals surface area (Å²) in [6.45, 7) is 6.85. The monoisotopic (exact) mass is 353 g/mol. The molecule has 0 spiro atoms. The fourth-order valence-corrected chi connectivity index (χ4v) is 4.36. The molecule has 5 rings (SSSR count). The van der Waals surface area contributed by atoms with Crippen LogP contribution in [0.15, 0.2) is 36.5 Å². The largest absolute Gasteiger partial charge is 0.354 e. The minimum atomic E-state index is 0.137. The molecule has 1 aromatic heterocycles. The number of nitrogens with one attached hydrogen (secondary N) is 1. The molecule has 1 N–H and O–H groups in total. The first-order chi connectivity index (χ1) is 12.6. The third kappa shape index (κ3) is 3.51. The standard InChI is InChI=1S/C20H27N5O/c1-14(2)21-20(26)18-12-24-9-8-16(18)10-17(24)11-25-13-19(22-23-25)15-6-4-3-5-7-15/h3-7,13-14,16-18H,8-12H2,1-2H3,(H,21,26)/t16?,17-,18+/m1/s1. The highest BCUT2D eigenvalue weighted by molar-refractivity contribution is 5.79. The van der Waals surface area contributed by atoms with Gasteiger partial charge < -0.3 is 5.32 Å². The zero-order valence-electron chi connectivity index (χ0n) is 15.5. The second kappa shape index (κ2) is 7.19. The predicted molar refractivity (Wildman–Crippen MR) is 100 cm³/mol. The Morgan fingerprint density at radius 3 is 2.81 bits per heavy atom. The summed E-state index contributed by atoms with van der Waals surface area (Å²) in [7, 11) is 0. The van der Waals surface area contributed by atoms with Gasteiger partial charge in [-0.3, -0.25) is 14.4 Å². The summed E-state index contributed by atoms with van der Waals surface area (Å²) in [5.41, 5.74) is 2.00. The van der Waals surface area contributed by atoms with Crippen LogP contribution >= 0.6 is 0 Å². The number of piperidine rings is 3. The van der Waals surface area contributed by atoms with Gasteiger partial charge in [0.15, 0.2) is 0 Å². The van der Waals surface area contributed by atoms with Crippen molar-refractivity contribution in [1.82, 2.24) is 25.2 Å². The van der Waals surface area contributed by atoms with Crippen LogP contribution in [0.2, 0.25) is 0 Å². The number of rotatable bonds is 5. The summed E-state index contributed by atoms with van der Waals surface area (Å²) in [5.74, 6) is 0.846. The molecule has 0 saturated carbocycles. The van der Waals surface area contributed by atoms with Gasteiger partial charge in [0.1, 0.15) is 5.69 Å². The molecule has 1 aromatic carbocycles. The Morgan fingerprint density at radius 2 is 2.12 bits per heavy atom. The Labute approximate surface area is 154 Å². The van der Waals surface area contributed by atoms with Crippen LogP contribution in [0.5, 0.6) is 0 Å². The van der Waals surface area contributed by atoms with Gasteiger partial charge >= 0.3 is 0 Å². The van der Waals surface area contributed by atoms with Crippen LogP contribution in [-0.2, 0) is 11.3 Å². The molecule has 138 valence electrons. The first-order valence-electron chi connectivity index (χ1n) is 9.60. The summed E-state index contributed by atoms with van der Waals surface area (Å²) in [6.07, 6.45) is 4.22. The lowest BCUT2D eigenvalue weighted by atomic mass is 9.75. The molecule has 0 radical (unpaired) electrons. The molecule has 3 aliphatic heterocycles. The van der Waals surface area contributed by atoms with Gasteiger partial charge in [-0.25, -0.2) is 0 Å². The van der Waals surface area contributed by atoms with Crippen LogP contribution in [0.25, 0.3) is 11.3 Å². The number of hydrogen-bond acceptors (Lipinski definition) is 4. The molecule has 4 atom stereocenters. The molecule has 2 aromatic rings. The zero-order chi connectivity index (χ0) is 18.1. The van der Waals surface area contributed by atoms with E-state index in [-0.39, 0.29) is 17.9 Å². The lowest BCUT2D eigenvalue weighted by Gasteiger charge is -2.49. The van der Waals surface area contributed by atoms with Gasteiger partial charge in [0.05, 0.1) is 18.7 Å². The van der Waals surface area contributed by atoms with Crippen molar-refractivity contribution in [2.45, 2.75) is 45.3 Å². The van der Waals surface area contributed by atoms with Gasteiger partial charge in [0, 0.05) is 24.2 Å². The van der Waals surface area contributed by atoms with Crippen molar-refractivity contribution in [3.05, 3.63) is 36.5 Å². The van der Waals surface area contributed by atoms with Crippen LogP contribution in [-0.4, -0.2) is 51.0 Å². The first-order valence-corrected chi connectivity index (χ1v) is 9.60. The van der Waals surface area contributed by atoms with Crippen LogP contribution in [0, 0.1) is 11.8 Å². The Balaban J connectivity index is 1.40. The van der Waals surface area contributed by atoms with E-state index in [4.69, 9.17) is 0 Å². The predicted octanol–water partition coefficient (Wildman–Crippen LogP) is 2.18. The fraction of sp³-hybridized carbons (Fsp3) is 0.550. The molecule has 3 saturated heterocycles. The summed E-state index contributed by atoms with van der Waals surface area (Å²) in [4.78, 5) is 14.9. The highest BCUT2D eigenvalue weighted by Crippen LogP contribution is 2.37. The quantitative estimate of drug-likeness (QED) is 0.895. The minimum absolute atomic E-state index is 0.137. The molecule has 6 nitrogen and oxygen atoms in total. The number of amides is 1. The van der Waals surface area contributed by atoms with Gasteiger partial charge in [-0.15, -0.1) is 5.10 Å². The molecule has 0 aliphatic carbocycles. The molecule has 6 heteroatoms. The van der Waals surface area contributed by atoms with Crippen LogP contribution in [0.3, 0.4) is 0 Å². The maximum absolute atomic E-state index is 12.5. The van der Waals surface area contributed by atoms with Gasteiger partial charge in [-0.2, -0.15) is 0 Å². The number of nitrogens with zero attached hydrogens (tertiary/aromatic N) is 4. The summed E-state index contributed by atoms with van der Waals surface area (Å²) < 4.78 is 1.96. The van der Waals surface area contributed by atoms with E-state index < -0.39 is 0 Å². The van der Waals surface area contributed by atoms with Gasteiger partial charge in [-0.1, -0.05) is 35.5 Å². The van der Waals surface area contributed by atoms with Crippen molar-refractivity contribution in [1.29, 1.82) is 0 Å². The molecular formula is C20H27N5O. The normalized spacial score (nSPS) is 27.7. The highest BCUT2D eigenvalue weighted by atomic mass is 16.2. The third-order valence-corrected chi connectivity index (χ3v) is 5.65. The van der Waals surface area contributed by atoms with E-state index in [9.17, 15) is 4.79 Å². The Morgan fingerprint density at radius 1 is 1.31 bits per heavy atom. The van der Waals surface area contributed by atoms with E-state index in [1.807, 2.05) is 42.9 Å². The second-order valence-corrected chi connectivity index (χ2v) is 7.89. The zero-order valence-corrected chi connectivity index (χ0v) is 15.5. The molecule has 3 aliphatic rings. The maximum atomic E-state index is 12.5. The molecule has 26 heavy (non-hydrogen) atoms. The van der Waals surface area contributed by atoms with E-state index >= 15 is 0 Å². The van der Waals surface area contributed by atoms with Crippen molar-refractivity contribution < 1.29 is 4.79 Å². The lowest BCUT2D eigenvalue weighted by molar-refractivity contribution is -0.133. The summed E-state index contributed by atoms with van der Waals surface area (Å²) in [6, 6.07) is 10.8. The van der Waals surface area contributed by atoms with E-state index in [1.165, 1.54) is 0 Å². The second-order valence-electron chi connectivity index (χ2n) is 7.89. The highest BCUT2D eigenvalue weighted by Gasteiger charge is 2.43. The molecule has 2 bridgehead atoms. The number of carbonyl (C=O) groups excluding carboxylic acids is 1. The Bertz CT molecular complexity index is 757. The third-order valence-electron chi connectivity index (χ3n) is 5.65. The van der Waals surface area contributed by atoms with Crippen LogP contribution in [0.4, 0.5) is 0 Å². The fourth-order valence-electron chi connectivity index (χ4n) is 4.36. The topological polar surface area (TPSA) is 63.1 Å². The van der Waals surface area contributed by atoms with Gasteiger partial charge in [0.2, 0.25) is 5.91 Å². The van der Waals surface area contributed by atoms with Crippen molar-refractivity contribution in [3.8, 4) is 11.3 Å². The number of hydrogen-bond donors (Lipinski definition) is 1. The van der Waals surface area contributed by atoms with Crippen molar-refractivity contribution in [2.24, 2.45) is 11.8 Å². The van der Waals surface area contributed by atoms with Gasteiger partial charge in [0.25, 0.3) is 0 Å². The van der Waals surface area contributed by atoms with E-state index in [0.29, 0.717) is 12.0 Å². The van der Waals surface area contributed by atoms with E-state index in [1.54, 1.807) is 0 Å². The van der Waals surface area contributed by atoms with Crippen LogP contribution < -0.4 is 5.32 Å². The number of carbonyl (C=O) groups is 1. The number of benzene rings is 1. The molecule has 3 fully saturated rings. The molecular weight excluding hydrogens is 326 g/mol. The van der Waals surface area contributed by atoms with E-state index in [0.717, 1.165) is 43.7 Å². The first kappa shape index (κ1) is 17.2. The summed E-state index contributed by atoms with van der Waals surface area (Å²) in [5, 5.41) is 11.7. The average molecular weight is 353 g/mol. The average Bonchev–Trinajstić information content (AvgIpc) is 3.11. The van der Waals surface area contributed by atoms with E-state index in [2.05, 4.69) is 32.7 Å². The maximum Gasteiger partial charge on any atom is 0.224 e.